The maximum absolute atomic E-state index is 10.5. The van der Waals surface area contributed by atoms with Crippen molar-refractivity contribution in [1.29, 1.82) is 0 Å². The van der Waals surface area contributed by atoms with Gasteiger partial charge in [-0.2, -0.15) is 0 Å². The lowest BCUT2D eigenvalue weighted by Crippen LogP contribution is -2.47. The number of piperidine rings is 1. The van der Waals surface area contributed by atoms with Crippen LogP contribution < -0.4 is 0 Å². The molecule has 1 saturated heterocycles. The molecule has 1 heterocycles. The molecule has 1 fully saturated rings. The van der Waals surface area contributed by atoms with Gasteiger partial charge < -0.3 is 9.84 Å². The molecule has 18 heavy (non-hydrogen) atoms. The van der Waals surface area contributed by atoms with Gasteiger partial charge in [-0.1, -0.05) is 24.3 Å². The van der Waals surface area contributed by atoms with Gasteiger partial charge in [0.25, 0.3) is 0 Å². The molecule has 3 unspecified atom stereocenters. The summed E-state index contributed by atoms with van der Waals surface area (Å²) in [6, 6.07) is 8.50. The predicted octanol–water partition coefficient (Wildman–Crippen LogP) is 1.76. The van der Waals surface area contributed by atoms with Crippen molar-refractivity contribution in [3.63, 3.8) is 0 Å². The van der Waals surface area contributed by atoms with Crippen LogP contribution in [-0.2, 0) is 11.2 Å². The van der Waals surface area contributed by atoms with Crippen LogP contribution in [0.1, 0.15) is 30.1 Å². The van der Waals surface area contributed by atoms with Crippen LogP contribution in [0.25, 0.3) is 0 Å². The number of rotatable bonds is 2. The molecule has 1 aliphatic heterocycles. The van der Waals surface area contributed by atoms with Crippen molar-refractivity contribution in [2.24, 2.45) is 0 Å². The molecular weight excluding hydrogens is 226 g/mol. The van der Waals surface area contributed by atoms with Gasteiger partial charge in [-0.3, -0.25) is 4.90 Å². The lowest BCUT2D eigenvalue weighted by Gasteiger charge is -2.37. The number of nitrogens with zero attached hydrogens (tertiary/aromatic N) is 1. The number of hydrogen-bond donors (Lipinski definition) is 1. The van der Waals surface area contributed by atoms with E-state index in [1.165, 1.54) is 5.56 Å². The van der Waals surface area contributed by atoms with Crippen molar-refractivity contribution in [3.8, 4) is 0 Å². The Kier molecular flexibility index (Phi) is 3.37. The van der Waals surface area contributed by atoms with Gasteiger partial charge in [0.05, 0.1) is 12.2 Å². The fraction of sp³-hybridized carbons (Fsp3) is 0.600. The lowest BCUT2D eigenvalue weighted by atomic mass is 10.0. The minimum atomic E-state index is -0.336. The monoisotopic (exact) mass is 247 g/mol. The van der Waals surface area contributed by atoms with E-state index < -0.39 is 0 Å². The fourth-order valence-electron chi connectivity index (χ4n) is 3.34. The Bertz CT molecular complexity index is 421. The molecule has 0 spiro atoms. The lowest BCUT2D eigenvalue weighted by molar-refractivity contribution is -0.0144. The van der Waals surface area contributed by atoms with Gasteiger partial charge in [0.2, 0.25) is 0 Å². The van der Waals surface area contributed by atoms with Gasteiger partial charge in [0, 0.05) is 19.7 Å². The second-order valence-electron chi connectivity index (χ2n) is 5.41. The third-order valence-electron chi connectivity index (χ3n) is 4.38. The second kappa shape index (κ2) is 5.00. The Balaban J connectivity index is 1.75. The Hall–Kier alpha value is -0.900. The fourth-order valence-corrected chi connectivity index (χ4v) is 3.34. The molecule has 1 aromatic carbocycles. The highest BCUT2D eigenvalue weighted by Crippen LogP contribution is 2.35. The Morgan fingerprint density at radius 2 is 2.17 bits per heavy atom. The zero-order valence-electron chi connectivity index (χ0n) is 10.9. The van der Waals surface area contributed by atoms with E-state index in [0.29, 0.717) is 6.10 Å². The van der Waals surface area contributed by atoms with Crippen LogP contribution in [0.3, 0.4) is 0 Å². The number of aliphatic hydroxyl groups excluding tert-OH is 1. The molecule has 0 radical (unpaired) electrons. The highest BCUT2D eigenvalue weighted by Gasteiger charge is 2.36. The van der Waals surface area contributed by atoms with Crippen LogP contribution >= 0.6 is 0 Å². The summed E-state index contributed by atoms with van der Waals surface area (Å²) >= 11 is 0. The molecule has 3 atom stereocenters. The molecule has 0 saturated carbocycles. The zero-order chi connectivity index (χ0) is 12.5. The van der Waals surface area contributed by atoms with Gasteiger partial charge in [0.15, 0.2) is 0 Å². The number of fused-ring (bicyclic) bond motifs is 1. The largest absolute Gasteiger partial charge is 0.387 e. The number of hydrogen-bond acceptors (Lipinski definition) is 3. The molecule has 0 amide bonds. The Morgan fingerprint density at radius 1 is 1.33 bits per heavy atom. The molecule has 0 aromatic heterocycles. The van der Waals surface area contributed by atoms with Crippen LogP contribution in [0.4, 0.5) is 0 Å². The molecular formula is C15H21NO2. The Labute approximate surface area is 108 Å². The minimum Gasteiger partial charge on any atom is -0.387 e. The molecule has 1 N–H and O–H groups in total. The highest BCUT2D eigenvalue weighted by molar-refractivity contribution is 5.35. The summed E-state index contributed by atoms with van der Waals surface area (Å²) in [5, 5.41) is 10.5. The van der Waals surface area contributed by atoms with Crippen molar-refractivity contribution >= 4 is 0 Å². The smallest absolute Gasteiger partial charge is 0.0951 e. The third kappa shape index (κ3) is 2.07. The van der Waals surface area contributed by atoms with E-state index >= 15 is 0 Å². The van der Waals surface area contributed by atoms with E-state index in [4.69, 9.17) is 4.74 Å². The van der Waals surface area contributed by atoms with E-state index in [0.717, 1.165) is 37.9 Å². The van der Waals surface area contributed by atoms with E-state index in [1.807, 2.05) is 6.07 Å². The molecule has 3 rings (SSSR count). The van der Waals surface area contributed by atoms with Gasteiger partial charge in [-0.25, -0.2) is 0 Å². The first kappa shape index (κ1) is 12.2. The molecule has 1 aliphatic carbocycles. The maximum atomic E-state index is 10.5. The summed E-state index contributed by atoms with van der Waals surface area (Å²) in [5.74, 6) is 0. The number of aliphatic hydroxyl groups is 1. The van der Waals surface area contributed by atoms with Crippen LogP contribution in [-0.4, -0.2) is 42.4 Å². The van der Waals surface area contributed by atoms with Gasteiger partial charge in [-0.15, -0.1) is 0 Å². The van der Waals surface area contributed by atoms with Crippen LogP contribution in [0.5, 0.6) is 0 Å². The average molecular weight is 247 g/mol. The zero-order valence-corrected chi connectivity index (χ0v) is 10.9. The number of likely N-dealkylation sites (tertiary alicyclic amines) is 1. The van der Waals surface area contributed by atoms with E-state index in [-0.39, 0.29) is 12.1 Å². The van der Waals surface area contributed by atoms with E-state index in [2.05, 4.69) is 23.1 Å². The first-order valence-electron chi connectivity index (χ1n) is 6.82. The highest BCUT2D eigenvalue weighted by atomic mass is 16.5. The van der Waals surface area contributed by atoms with Gasteiger partial charge in [-0.05, 0) is 36.9 Å². The Morgan fingerprint density at radius 3 is 2.94 bits per heavy atom. The molecule has 3 heteroatoms. The maximum Gasteiger partial charge on any atom is 0.0951 e. The second-order valence-corrected chi connectivity index (χ2v) is 5.41. The summed E-state index contributed by atoms with van der Waals surface area (Å²) in [5.41, 5.74) is 2.41. The van der Waals surface area contributed by atoms with Crippen molar-refractivity contribution in [2.45, 2.75) is 37.5 Å². The van der Waals surface area contributed by atoms with E-state index in [9.17, 15) is 5.11 Å². The molecule has 3 nitrogen and oxygen atoms in total. The summed E-state index contributed by atoms with van der Waals surface area (Å²) in [4.78, 5) is 2.41. The molecule has 0 bridgehead atoms. The van der Waals surface area contributed by atoms with Crippen molar-refractivity contribution < 1.29 is 9.84 Å². The number of ether oxygens (including phenoxy) is 1. The topological polar surface area (TPSA) is 32.7 Å². The van der Waals surface area contributed by atoms with Crippen molar-refractivity contribution in [1.82, 2.24) is 4.90 Å². The SMILES string of the molecule is COC1CCCN(C2Cc3ccccc3C2O)C1. The predicted molar refractivity (Wildman–Crippen MR) is 70.5 cm³/mol. The average Bonchev–Trinajstić information content (AvgIpc) is 2.77. The standard InChI is InChI=1S/C15H21NO2/c1-18-12-6-4-8-16(10-12)14-9-11-5-2-3-7-13(11)15(14)17/h2-3,5,7,12,14-15,17H,4,6,8-10H2,1H3. The first-order chi connectivity index (χ1) is 8.79. The number of methoxy groups -OCH3 is 1. The third-order valence-corrected chi connectivity index (χ3v) is 4.38. The summed E-state index contributed by atoms with van der Waals surface area (Å²) in [6.45, 7) is 2.03. The van der Waals surface area contributed by atoms with Crippen molar-refractivity contribution in [3.05, 3.63) is 35.4 Å². The van der Waals surface area contributed by atoms with Crippen molar-refractivity contribution in [2.75, 3.05) is 20.2 Å². The molecule has 98 valence electrons. The molecule has 2 aliphatic rings. The van der Waals surface area contributed by atoms with Gasteiger partial charge in [0.1, 0.15) is 0 Å². The minimum absolute atomic E-state index is 0.236. The van der Waals surface area contributed by atoms with Crippen LogP contribution in [0.15, 0.2) is 24.3 Å². The number of benzene rings is 1. The van der Waals surface area contributed by atoms with E-state index in [1.54, 1.807) is 7.11 Å². The summed E-state index contributed by atoms with van der Waals surface area (Å²) < 4.78 is 5.47. The summed E-state index contributed by atoms with van der Waals surface area (Å²) in [7, 11) is 1.79. The quantitative estimate of drug-likeness (QED) is 0.864. The van der Waals surface area contributed by atoms with Crippen LogP contribution in [0.2, 0.25) is 0 Å². The first-order valence-corrected chi connectivity index (χ1v) is 6.82. The van der Waals surface area contributed by atoms with Crippen LogP contribution in [0, 0.1) is 0 Å². The normalized spacial score (nSPS) is 32.4. The molecule has 1 aromatic rings. The van der Waals surface area contributed by atoms with Gasteiger partial charge >= 0.3 is 0 Å². The summed E-state index contributed by atoms with van der Waals surface area (Å²) in [6.07, 6.45) is 3.26.